The van der Waals surface area contributed by atoms with Gasteiger partial charge in [0.05, 0.1) is 7.11 Å². The van der Waals surface area contributed by atoms with Gasteiger partial charge in [-0.2, -0.15) is 0 Å². The van der Waals surface area contributed by atoms with Gasteiger partial charge < -0.3 is 10.1 Å². The van der Waals surface area contributed by atoms with Crippen LogP contribution in [0.15, 0.2) is 12.1 Å². The number of hydrogen-bond acceptors (Lipinski definition) is 3. The van der Waals surface area contributed by atoms with Crippen LogP contribution in [0.2, 0.25) is 0 Å². The number of benzene rings is 1. The van der Waals surface area contributed by atoms with E-state index in [0.29, 0.717) is 5.78 Å². The Balaban J connectivity index is 2.39. The van der Waals surface area contributed by atoms with Crippen LogP contribution in [0.1, 0.15) is 54.1 Å². The fourth-order valence-corrected chi connectivity index (χ4v) is 3.51. The molecule has 1 N–H and O–H groups in total. The third kappa shape index (κ3) is 3.13. The van der Waals surface area contributed by atoms with E-state index in [1.807, 2.05) is 26.0 Å². The molecular weight excluding hydrogens is 262 g/mol. The molecule has 0 radical (unpaired) electrons. The summed E-state index contributed by atoms with van der Waals surface area (Å²) < 4.78 is 5.36. The molecule has 21 heavy (non-hydrogen) atoms. The van der Waals surface area contributed by atoms with E-state index in [4.69, 9.17) is 4.74 Å². The lowest BCUT2D eigenvalue weighted by Crippen LogP contribution is -2.45. The molecule has 1 fully saturated rings. The molecule has 1 aliphatic heterocycles. The lowest BCUT2D eigenvalue weighted by atomic mass is 9.71. The smallest absolute Gasteiger partial charge is 0.170 e. The van der Waals surface area contributed by atoms with Crippen molar-refractivity contribution in [2.75, 3.05) is 20.2 Å². The Labute approximate surface area is 128 Å². The van der Waals surface area contributed by atoms with Gasteiger partial charge in [-0.3, -0.25) is 4.79 Å². The van der Waals surface area contributed by atoms with E-state index in [9.17, 15) is 4.79 Å². The predicted octanol–water partition coefficient (Wildman–Crippen LogP) is 3.66. The van der Waals surface area contributed by atoms with E-state index < -0.39 is 0 Å². The molecule has 2 rings (SSSR count). The second-order valence-electron chi connectivity index (χ2n) is 6.28. The summed E-state index contributed by atoms with van der Waals surface area (Å²) >= 11 is 0. The molecule has 1 heterocycles. The van der Waals surface area contributed by atoms with Crippen LogP contribution in [-0.2, 0) is 0 Å². The number of carbonyl (C=O) groups excluding carboxylic acids is 1. The van der Waals surface area contributed by atoms with Crippen molar-refractivity contribution in [2.45, 2.75) is 46.5 Å². The average Bonchev–Trinajstić information content (AvgIpc) is 2.49. The highest BCUT2D eigenvalue weighted by atomic mass is 16.5. The van der Waals surface area contributed by atoms with Crippen molar-refractivity contribution in [3.63, 3.8) is 0 Å². The van der Waals surface area contributed by atoms with E-state index in [1.165, 1.54) is 0 Å². The maximum atomic E-state index is 13.2. The van der Waals surface area contributed by atoms with Crippen molar-refractivity contribution in [3.8, 4) is 5.75 Å². The number of rotatable bonds is 5. The van der Waals surface area contributed by atoms with Crippen molar-refractivity contribution in [2.24, 2.45) is 5.41 Å². The second-order valence-corrected chi connectivity index (χ2v) is 6.28. The van der Waals surface area contributed by atoms with E-state index in [0.717, 1.165) is 61.2 Å². The highest BCUT2D eigenvalue weighted by Crippen LogP contribution is 2.37. The molecule has 1 aromatic carbocycles. The maximum absolute atomic E-state index is 13.2. The quantitative estimate of drug-likeness (QED) is 0.841. The Morgan fingerprint density at radius 2 is 2.10 bits per heavy atom. The predicted molar refractivity (Wildman–Crippen MR) is 86.2 cm³/mol. The lowest BCUT2D eigenvalue weighted by molar-refractivity contribution is 0.0717. The average molecular weight is 289 g/mol. The number of Topliss-reactive ketones (excluding diaryl/α,β-unsaturated/α-hetero) is 1. The summed E-state index contributed by atoms with van der Waals surface area (Å²) in [4.78, 5) is 13.2. The first-order chi connectivity index (χ1) is 10.0. The Morgan fingerprint density at radius 3 is 2.67 bits per heavy atom. The summed E-state index contributed by atoms with van der Waals surface area (Å²) in [6.45, 7) is 8.01. The van der Waals surface area contributed by atoms with E-state index in [1.54, 1.807) is 7.11 Å². The van der Waals surface area contributed by atoms with Crippen molar-refractivity contribution in [1.29, 1.82) is 0 Å². The highest BCUT2D eigenvalue weighted by molar-refractivity contribution is 6.02. The summed E-state index contributed by atoms with van der Waals surface area (Å²) in [5, 5.41) is 3.42. The van der Waals surface area contributed by atoms with Gasteiger partial charge in [-0.1, -0.05) is 13.3 Å². The number of hydrogen-bond donors (Lipinski definition) is 1. The molecule has 1 aromatic rings. The van der Waals surface area contributed by atoms with Crippen molar-refractivity contribution in [1.82, 2.24) is 5.32 Å². The number of piperidine rings is 1. The molecule has 0 amide bonds. The Hall–Kier alpha value is -1.35. The summed E-state index contributed by atoms with van der Waals surface area (Å²) in [7, 11) is 1.67. The van der Waals surface area contributed by atoms with E-state index >= 15 is 0 Å². The van der Waals surface area contributed by atoms with Crippen LogP contribution < -0.4 is 10.1 Å². The van der Waals surface area contributed by atoms with Gasteiger partial charge >= 0.3 is 0 Å². The first kappa shape index (κ1) is 16.0. The Bertz CT molecular complexity index is 511. The van der Waals surface area contributed by atoms with Gasteiger partial charge in [-0.25, -0.2) is 0 Å². The molecule has 116 valence electrons. The lowest BCUT2D eigenvalue weighted by Gasteiger charge is -2.36. The molecule has 0 bridgehead atoms. The van der Waals surface area contributed by atoms with E-state index in [2.05, 4.69) is 12.2 Å². The largest absolute Gasteiger partial charge is 0.496 e. The fourth-order valence-electron chi connectivity index (χ4n) is 3.51. The monoisotopic (exact) mass is 289 g/mol. The van der Waals surface area contributed by atoms with E-state index in [-0.39, 0.29) is 5.41 Å². The van der Waals surface area contributed by atoms with Crippen LogP contribution in [0, 0.1) is 19.3 Å². The fraction of sp³-hybridized carbons (Fsp3) is 0.611. The molecule has 1 atom stereocenters. The molecule has 1 saturated heterocycles. The van der Waals surface area contributed by atoms with Crippen LogP contribution in [0.5, 0.6) is 5.75 Å². The molecule has 3 heteroatoms. The topological polar surface area (TPSA) is 38.3 Å². The zero-order valence-corrected chi connectivity index (χ0v) is 13.7. The van der Waals surface area contributed by atoms with Crippen LogP contribution in [0.25, 0.3) is 0 Å². The first-order valence-electron chi connectivity index (χ1n) is 7.95. The minimum atomic E-state index is -0.223. The maximum Gasteiger partial charge on any atom is 0.170 e. The number of methoxy groups -OCH3 is 1. The second kappa shape index (κ2) is 6.61. The number of ketones is 1. The SMILES string of the molecule is CCCC1(C(=O)c2cc(C)c(OC)cc2C)CCCNC1. The normalized spacial score (nSPS) is 22.1. The number of carbonyl (C=O) groups is 1. The molecule has 0 saturated carbocycles. The van der Waals surface area contributed by atoms with Gasteiger partial charge in [0.15, 0.2) is 5.78 Å². The first-order valence-corrected chi connectivity index (χ1v) is 7.95. The van der Waals surface area contributed by atoms with Crippen LogP contribution >= 0.6 is 0 Å². The van der Waals surface area contributed by atoms with Gasteiger partial charge in [0.1, 0.15) is 5.75 Å². The minimum absolute atomic E-state index is 0.223. The number of aryl methyl sites for hydroxylation is 2. The molecular formula is C18H27NO2. The standard InChI is InChI=1S/C18H27NO2/c1-5-7-18(8-6-9-19-12-18)17(20)15-10-14(3)16(21-4)11-13(15)2/h10-11,19H,5-9,12H2,1-4H3. The molecule has 0 spiro atoms. The van der Waals surface area contributed by atoms with Gasteiger partial charge in [-0.05, 0) is 62.9 Å². The summed E-state index contributed by atoms with van der Waals surface area (Å²) in [6.07, 6.45) is 4.09. The number of ether oxygens (including phenoxy) is 1. The van der Waals surface area contributed by atoms with Gasteiger partial charge in [0.2, 0.25) is 0 Å². The highest BCUT2D eigenvalue weighted by Gasteiger charge is 2.39. The molecule has 1 unspecified atom stereocenters. The van der Waals surface area contributed by atoms with Crippen LogP contribution in [0.4, 0.5) is 0 Å². The van der Waals surface area contributed by atoms with Gasteiger partial charge in [-0.15, -0.1) is 0 Å². The van der Waals surface area contributed by atoms with Gasteiger partial charge in [0.25, 0.3) is 0 Å². The zero-order valence-electron chi connectivity index (χ0n) is 13.7. The molecule has 0 aromatic heterocycles. The Kier molecular flexibility index (Phi) is 5.04. The van der Waals surface area contributed by atoms with Crippen LogP contribution in [-0.4, -0.2) is 26.0 Å². The Morgan fingerprint density at radius 1 is 1.33 bits per heavy atom. The van der Waals surface area contributed by atoms with Crippen LogP contribution in [0.3, 0.4) is 0 Å². The zero-order chi connectivity index (χ0) is 15.5. The summed E-state index contributed by atoms with van der Waals surface area (Å²) in [6, 6.07) is 3.99. The number of nitrogens with one attached hydrogen (secondary N) is 1. The van der Waals surface area contributed by atoms with Crippen molar-refractivity contribution < 1.29 is 9.53 Å². The van der Waals surface area contributed by atoms with Crippen molar-refractivity contribution >= 4 is 5.78 Å². The molecule has 0 aliphatic carbocycles. The summed E-state index contributed by atoms with van der Waals surface area (Å²) in [5.41, 5.74) is 2.69. The summed E-state index contributed by atoms with van der Waals surface area (Å²) in [5.74, 6) is 1.16. The molecule has 3 nitrogen and oxygen atoms in total. The van der Waals surface area contributed by atoms with Gasteiger partial charge in [0, 0.05) is 17.5 Å². The third-order valence-electron chi connectivity index (χ3n) is 4.67. The molecule has 1 aliphatic rings. The van der Waals surface area contributed by atoms with Crippen molar-refractivity contribution in [3.05, 3.63) is 28.8 Å². The minimum Gasteiger partial charge on any atom is -0.496 e. The third-order valence-corrected chi connectivity index (χ3v) is 4.67.